The Labute approximate surface area is 162 Å². The molecule has 0 aliphatic heterocycles. The lowest BCUT2D eigenvalue weighted by molar-refractivity contribution is 0.0990. The van der Waals surface area contributed by atoms with Crippen molar-refractivity contribution >= 4 is 29.2 Å². The van der Waals surface area contributed by atoms with Crippen molar-refractivity contribution in [3.05, 3.63) is 92.8 Å². The van der Waals surface area contributed by atoms with Crippen LogP contribution in [0.2, 0.25) is 5.02 Å². The van der Waals surface area contributed by atoms with E-state index in [2.05, 4.69) is 4.57 Å². The Morgan fingerprint density at radius 2 is 1.52 bits per heavy atom. The lowest BCUT2D eigenvalue weighted by Crippen LogP contribution is -2.02. The topological polar surface area (TPSA) is 39.1 Å². The standard InChI is InChI=1S/C23H18ClNO2/c1-13-8-9-17(24)12-21(13)25-14(2)10-16(15(25)3)11-20-22(26)18-6-4-5-7-19(18)23(20)27/h4-12H,1-3H3. The quantitative estimate of drug-likeness (QED) is 0.437. The minimum atomic E-state index is -0.209. The van der Waals surface area contributed by atoms with Crippen LogP contribution in [0.25, 0.3) is 11.8 Å². The molecule has 134 valence electrons. The van der Waals surface area contributed by atoms with Crippen LogP contribution in [0.3, 0.4) is 0 Å². The second-order valence-corrected chi connectivity index (χ2v) is 7.29. The minimum Gasteiger partial charge on any atom is -0.318 e. The van der Waals surface area contributed by atoms with Gasteiger partial charge < -0.3 is 4.57 Å². The van der Waals surface area contributed by atoms with Gasteiger partial charge in [-0.3, -0.25) is 9.59 Å². The first kappa shape index (κ1) is 17.5. The molecule has 0 unspecified atom stereocenters. The van der Waals surface area contributed by atoms with Crippen molar-refractivity contribution in [3.8, 4) is 5.69 Å². The number of aryl methyl sites for hydroxylation is 2. The summed E-state index contributed by atoms with van der Waals surface area (Å²) in [6.07, 6.45) is 1.71. The Morgan fingerprint density at radius 1 is 0.889 bits per heavy atom. The molecule has 2 aromatic carbocycles. The van der Waals surface area contributed by atoms with E-state index in [9.17, 15) is 9.59 Å². The lowest BCUT2D eigenvalue weighted by atomic mass is 10.1. The van der Waals surface area contributed by atoms with Crippen molar-refractivity contribution in [2.24, 2.45) is 0 Å². The van der Waals surface area contributed by atoms with Gasteiger partial charge in [-0.2, -0.15) is 0 Å². The number of allylic oxidation sites excluding steroid dienone is 1. The molecule has 4 heteroatoms. The maximum atomic E-state index is 12.7. The number of hydrogen-bond acceptors (Lipinski definition) is 2. The number of benzene rings is 2. The zero-order valence-corrected chi connectivity index (χ0v) is 16.1. The monoisotopic (exact) mass is 375 g/mol. The Balaban J connectivity index is 1.84. The predicted molar refractivity (Wildman–Crippen MR) is 108 cm³/mol. The highest BCUT2D eigenvalue weighted by atomic mass is 35.5. The van der Waals surface area contributed by atoms with Crippen LogP contribution in [0.15, 0.2) is 54.1 Å². The van der Waals surface area contributed by atoms with E-state index in [1.807, 2.05) is 45.0 Å². The molecule has 0 atom stereocenters. The van der Waals surface area contributed by atoms with Gasteiger partial charge in [-0.15, -0.1) is 0 Å². The molecule has 0 fully saturated rings. The Morgan fingerprint density at radius 3 is 2.15 bits per heavy atom. The molecular weight excluding hydrogens is 358 g/mol. The second-order valence-electron chi connectivity index (χ2n) is 6.85. The van der Waals surface area contributed by atoms with Gasteiger partial charge in [0.1, 0.15) is 0 Å². The summed E-state index contributed by atoms with van der Waals surface area (Å²) in [5, 5.41) is 0.666. The van der Waals surface area contributed by atoms with Crippen LogP contribution in [0.5, 0.6) is 0 Å². The smallest absolute Gasteiger partial charge is 0.197 e. The van der Waals surface area contributed by atoms with Crippen LogP contribution in [0.1, 0.15) is 43.2 Å². The number of Topliss-reactive ketones (excluding diaryl/α,β-unsaturated/α-hetero) is 2. The van der Waals surface area contributed by atoms with E-state index in [4.69, 9.17) is 11.6 Å². The van der Waals surface area contributed by atoms with Gasteiger partial charge in [0.05, 0.1) is 5.57 Å². The zero-order chi connectivity index (χ0) is 19.3. The van der Waals surface area contributed by atoms with Gasteiger partial charge in [-0.25, -0.2) is 0 Å². The fraction of sp³-hybridized carbons (Fsp3) is 0.130. The van der Waals surface area contributed by atoms with Crippen LogP contribution in [0, 0.1) is 20.8 Å². The summed E-state index contributed by atoms with van der Waals surface area (Å²) < 4.78 is 2.10. The summed E-state index contributed by atoms with van der Waals surface area (Å²) in [5.41, 5.74) is 6.11. The average Bonchev–Trinajstić information content (AvgIpc) is 3.06. The predicted octanol–water partition coefficient (Wildman–Crippen LogP) is 5.52. The number of carbonyl (C=O) groups excluding carboxylic acids is 2. The third-order valence-corrected chi connectivity index (χ3v) is 5.32. The molecule has 1 aliphatic rings. The summed E-state index contributed by atoms with van der Waals surface area (Å²) in [5.74, 6) is -0.418. The molecule has 1 aromatic heterocycles. The fourth-order valence-electron chi connectivity index (χ4n) is 3.69. The SMILES string of the molecule is Cc1ccc(Cl)cc1-n1c(C)cc(C=C2C(=O)c3ccccc3C2=O)c1C. The summed E-state index contributed by atoms with van der Waals surface area (Å²) in [6.45, 7) is 6.02. The van der Waals surface area contributed by atoms with Crippen LogP contribution >= 0.6 is 11.6 Å². The van der Waals surface area contributed by atoms with E-state index < -0.39 is 0 Å². The molecular formula is C23H18ClNO2. The number of hydrogen-bond donors (Lipinski definition) is 0. The van der Waals surface area contributed by atoms with E-state index in [1.54, 1.807) is 30.3 Å². The van der Waals surface area contributed by atoms with E-state index in [-0.39, 0.29) is 17.1 Å². The summed E-state index contributed by atoms with van der Waals surface area (Å²) in [6, 6.07) is 14.7. The van der Waals surface area contributed by atoms with Gasteiger partial charge in [0, 0.05) is 33.2 Å². The highest BCUT2D eigenvalue weighted by molar-refractivity contribution is 6.41. The minimum absolute atomic E-state index is 0.209. The molecule has 3 aromatic rings. The molecule has 1 aliphatic carbocycles. The molecule has 3 nitrogen and oxygen atoms in total. The molecule has 1 heterocycles. The van der Waals surface area contributed by atoms with E-state index >= 15 is 0 Å². The molecule has 0 amide bonds. The van der Waals surface area contributed by atoms with Crippen molar-refractivity contribution in [3.63, 3.8) is 0 Å². The first-order valence-corrected chi connectivity index (χ1v) is 9.12. The summed E-state index contributed by atoms with van der Waals surface area (Å²) >= 11 is 6.19. The lowest BCUT2D eigenvalue weighted by Gasteiger charge is -2.13. The number of carbonyl (C=O) groups is 2. The van der Waals surface area contributed by atoms with E-state index in [1.165, 1.54) is 0 Å². The third kappa shape index (κ3) is 2.75. The van der Waals surface area contributed by atoms with Gasteiger partial charge in [-0.1, -0.05) is 41.9 Å². The fourth-order valence-corrected chi connectivity index (χ4v) is 3.85. The van der Waals surface area contributed by atoms with Crippen molar-refractivity contribution in [1.82, 2.24) is 4.57 Å². The molecule has 4 rings (SSSR count). The zero-order valence-electron chi connectivity index (χ0n) is 15.3. The van der Waals surface area contributed by atoms with Crippen molar-refractivity contribution in [2.75, 3.05) is 0 Å². The first-order chi connectivity index (χ1) is 12.9. The maximum absolute atomic E-state index is 12.7. The van der Waals surface area contributed by atoms with Crippen molar-refractivity contribution in [1.29, 1.82) is 0 Å². The Bertz CT molecular complexity index is 1110. The maximum Gasteiger partial charge on any atom is 0.197 e. The molecule has 0 saturated heterocycles. The largest absolute Gasteiger partial charge is 0.318 e. The van der Waals surface area contributed by atoms with Gasteiger partial charge in [0.2, 0.25) is 0 Å². The number of aromatic nitrogens is 1. The molecule has 0 saturated carbocycles. The number of nitrogens with zero attached hydrogens (tertiary/aromatic N) is 1. The molecule has 0 spiro atoms. The van der Waals surface area contributed by atoms with Gasteiger partial charge in [-0.05, 0) is 56.2 Å². The molecule has 0 radical (unpaired) electrons. The second kappa shape index (κ2) is 6.36. The normalized spacial score (nSPS) is 13.3. The number of rotatable bonds is 2. The summed E-state index contributed by atoms with van der Waals surface area (Å²) in [7, 11) is 0. The van der Waals surface area contributed by atoms with Crippen LogP contribution in [-0.2, 0) is 0 Å². The Kier molecular flexibility index (Phi) is 4.12. The Hall–Kier alpha value is -2.91. The number of halogens is 1. The average molecular weight is 376 g/mol. The highest BCUT2D eigenvalue weighted by Crippen LogP contribution is 2.31. The number of fused-ring (bicyclic) bond motifs is 1. The van der Waals surface area contributed by atoms with Crippen molar-refractivity contribution < 1.29 is 9.59 Å². The van der Waals surface area contributed by atoms with Gasteiger partial charge in [0.25, 0.3) is 0 Å². The first-order valence-electron chi connectivity index (χ1n) is 8.74. The van der Waals surface area contributed by atoms with E-state index in [0.717, 1.165) is 28.2 Å². The summed E-state index contributed by atoms with van der Waals surface area (Å²) in [4.78, 5) is 25.3. The molecule has 0 bridgehead atoms. The van der Waals surface area contributed by atoms with Crippen LogP contribution in [0.4, 0.5) is 0 Å². The number of ketones is 2. The van der Waals surface area contributed by atoms with Gasteiger partial charge in [0.15, 0.2) is 11.6 Å². The highest BCUT2D eigenvalue weighted by Gasteiger charge is 2.32. The van der Waals surface area contributed by atoms with Crippen LogP contribution in [-0.4, -0.2) is 16.1 Å². The molecule has 27 heavy (non-hydrogen) atoms. The van der Waals surface area contributed by atoms with Crippen molar-refractivity contribution in [2.45, 2.75) is 20.8 Å². The van der Waals surface area contributed by atoms with Gasteiger partial charge >= 0.3 is 0 Å². The molecule has 0 N–H and O–H groups in total. The third-order valence-electron chi connectivity index (χ3n) is 5.09. The van der Waals surface area contributed by atoms with E-state index in [0.29, 0.717) is 16.1 Å². The van der Waals surface area contributed by atoms with Crippen LogP contribution < -0.4 is 0 Å².